The highest BCUT2D eigenvalue weighted by atomic mass is 16.5. The summed E-state index contributed by atoms with van der Waals surface area (Å²) < 4.78 is 5.18. The van der Waals surface area contributed by atoms with Crippen LogP contribution in [0.2, 0.25) is 0 Å². The summed E-state index contributed by atoms with van der Waals surface area (Å²) in [7, 11) is 1.63. The molecule has 7 heteroatoms. The van der Waals surface area contributed by atoms with Gasteiger partial charge in [-0.15, -0.1) is 0 Å². The molecule has 1 amide bonds. The maximum atomic E-state index is 12.9. The molecule has 1 atom stereocenters. The van der Waals surface area contributed by atoms with Gasteiger partial charge in [0.25, 0.3) is 5.56 Å². The van der Waals surface area contributed by atoms with E-state index >= 15 is 0 Å². The lowest BCUT2D eigenvalue weighted by Gasteiger charge is -2.24. The zero-order valence-electron chi connectivity index (χ0n) is 16.9. The average molecular weight is 404 g/mol. The van der Waals surface area contributed by atoms with Crippen LogP contribution in [0.25, 0.3) is 11.3 Å². The van der Waals surface area contributed by atoms with Crippen LogP contribution in [0.5, 0.6) is 5.75 Å². The van der Waals surface area contributed by atoms with Crippen molar-refractivity contribution >= 4 is 5.91 Å². The van der Waals surface area contributed by atoms with Crippen LogP contribution in [-0.4, -0.2) is 39.4 Å². The summed E-state index contributed by atoms with van der Waals surface area (Å²) in [6, 6.07) is 12.7. The van der Waals surface area contributed by atoms with E-state index in [2.05, 4.69) is 15.0 Å². The highest BCUT2D eigenvalue weighted by Gasteiger charge is 2.31. The predicted molar refractivity (Wildman–Crippen MR) is 113 cm³/mol. The molecule has 0 spiro atoms. The molecular formula is C23H24N4O3. The Morgan fingerprint density at radius 1 is 1.27 bits per heavy atom. The first-order chi connectivity index (χ1) is 14.6. The number of benzene rings is 1. The lowest BCUT2D eigenvalue weighted by atomic mass is 10.1. The van der Waals surface area contributed by atoms with Gasteiger partial charge in [0.2, 0.25) is 5.91 Å². The van der Waals surface area contributed by atoms with Gasteiger partial charge in [-0.2, -0.15) is 0 Å². The van der Waals surface area contributed by atoms with Crippen molar-refractivity contribution < 1.29 is 9.53 Å². The third-order valence-corrected chi connectivity index (χ3v) is 5.39. The number of rotatable bonds is 6. The Balaban J connectivity index is 1.49. The lowest BCUT2D eigenvalue weighted by Crippen LogP contribution is -2.32. The second kappa shape index (κ2) is 8.90. The van der Waals surface area contributed by atoms with E-state index in [4.69, 9.17) is 4.74 Å². The average Bonchev–Trinajstić information content (AvgIpc) is 3.28. The summed E-state index contributed by atoms with van der Waals surface area (Å²) in [4.78, 5) is 38.6. The standard InChI is InChI=1S/C23H24N4O3/c1-30-18-9-6-16(7-10-18)8-11-22(29)27-13-3-5-20(27)23-25-19(14-21(28)26-23)17-4-2-12-24-15-17/h2,4,6-7,9-10,12,14-15,20H,3,5,8,11,13H2,1H3,(H,25,26,28). The Kier molecular flexibility index (Phi) is 5.88. The molecule has 4 rings (SSSR count). The van der Waals surface area contributed by atoms with Crippen LogP contribution in [-0.2, 0) is 11.2 Å². The number of aromatic amines is 1. The van der Waals surface area contributed by atoms with Crippen LogP contribution in [0, 0.1) is 0 Å². The number of carbonyl (C=O) groups excluding carboxylic acids is 1. The Morgan fingerprint density at radius 3 is 2.83 bits per heavy atom. The minimum atomic E-state index is -0.226. The molecule has 1 unspecified atom stereocenters. The molecule has 1 fully saturated rings. The molecule has 1 aromatic carbocycles. The van der Waals surface area contributed by atoms with E-state index in [-0.39, 0.29) is 17.5 Å². The SMILES string of the molecule is COc1ccc(CCC(=O)N2CCCC2c2nc(-c3cccnc3)cc(=O)[nH]2)cc1. The van der Waals surface area contributed by atoms with Gasteiger partial charge >= 0.3 is 0 Å². The summed E-state index contributed by atoms with van der Waals surface area (Å²) in [6.07, 6.45) is 6.10. The first-order valence-corrected chi connectivity index (χ1v) is 10.1. The summed E-state index contributed by atoms with van der Waals surface area (Å²) in [5, 5.41) is 0. The zero-order valence-corrected chi connectivity index (χ0v) is 16.9. The van der Waals surface area contributed by atoms with E-state index < -0.39 is 0 Å². The molecule has 30 heavy (non-hydrogen) atoms. The van der Waals surface area contributed by atoms with Gasteiger partial charge in [0.05, 0.1) is 18.8 Å². The van der Waals surface area contributed by atoms with Crippen LogP contribution >= 0.6 is 0 Å². The highest BCUT2D eigenvalue weighted by molar-refractivity contribution is 5.77. The van der Waals surface area contributed by atoms with E-state index in [1.807, 2.05) is 41.3 Å². The van der Waals surface area contributed by atoms with Crippen LogP contribution in [0.15, 0.2) is 59.7 Å². The van der Waals surface area contributed by atoms with E-state index in [0.29, 0.717) is 30.9 Å². The summed E-state index contributed by atoms with van der Waals surface area (Å²) in [6.45, 7) is 0.674. The number of pyridine rings is 1. The monoisotopic (exact) mass is 404 g/mol. The molecule has 0 radical (unpaired) electrons. The minimum Gasteiger partial charge on any atom is -0.497 e. The molecule has 154 valence electrons. The quantitative estimate of drug-likeness (QED) is 0.682. The maximum absolute atomic E-state index is 12.9. The van der Waals surface area contributed by atoms with Crippen LogP contribution in [0.3, 0.4) is 0 Å². The fourth-order valence-electron chi connectivity index (χ4n) is 3.83. The summed E-state index contributed by atoms with van der Waals surface area (Å²) in [5.74, 6) is 1.41. The highest BCUT2D eigenvalue weighted by Crippen LogP contribution is 2.31. The third-order valence-electron chi connectivity index (χ3n) is 5.39. The van der Waals surface area contributed by atoms with Gasteiger partial charge in [0.1, 0.15) is 11.6 Å². The summed E-state index contributed by atoms with van der Waals surface area (Å²) >= 11 is 0. The third kappa shape index (κ3) is 4.40. The number of likely N-dealkylation sites (tertiary alicyclic amines) is 1. The zero-order chi connectivity index (χ0) is 20.9. The molecular weight excluding hydrogens is 380 g/mol. The van der Waals surface area contributed by atoms with Crippen LogP contribution in [0.4, 0.5) is 0 Å². The number of nitrogens with zero attached hydrogens (tertiary/aromatic N) is 3. The second-order valence-electron chi connectivity index (χ2n) is 7.35. The predicted octanol–water partition coefficient (Wildman–Crippen LogP) is 3.14. The first kappa shape index (κ1) is 19.8. The maximum Gasteiger partial charge on any atom is 0.251 e. The molecule has 0 saturated carbocycles. The van der Waals surface area contributed by atoms with Gasteiger partial charge in [0, 0.05) is 37.0 Å². The minimum absolute atomic E-state index is 0.0720. The fraction of sp³-hybridized carbons (Fsp3) is 0.304. The van der Waals surface area contributed by atoms with Crippen LogP contribution < -0.4 is 10.3 Å². The van der Waals surface area contributed by atoms with Crippen molar-refractivity contribution in [3.05, 3.63) is 76.6 Å². The number of amides is 1. The second-order valence-corrected chi connectivity index (χ2v) is 7.35. The molecule has 0 bridgehead atoms. The van der Waals surface area contributed by atoms with Crippen molar-refractivity contribution in [2.75, 3.05) is 13.7 Å². The van der Waals surface area contributed by atoms with E-state index in [1.165, 1.54) is 6.07 Å². The van der Waals surface area contributed by atoms with Gasteiger partial charge in [0.15, 0.2) is 0 Å². The smallest absolute Gasteiger partial charge is 0.251 e. The van der Waals surface area contributed by atoms with Crippen molar-refractivity contribution in [3.63, 3.8) is 0 Å². The molecule has 1 N–H and O–H groups in total. The van der Waals surface area contributed by atoms with Gasteiger partial charge in [-0.1, -0.05) is 12.1 Å². The van der Waals surface area contributed by atoms with Gasteiger partial charge in [-0.25, -0.2) is 4.98 Å². The topological polar surface area (TPSA) is 88.2 Å². The van der Waals surface area contributed by atoms with Gasteiger partial charge in [-0.3, -0.25) is 14.6 Å². The molecule has 1 aliphatic rings. The molecule has 3 heterocycles. The first-order valence-electron chi connectivity index (χ1n) is 10.1. The molecule has 3 aromatic rings. The number of hydrogen-bond acceptors (Lipinski definition) is 5. The van der Waals surface area contributed by atoms with Crippen molar-refractivity contribution in [2.24, 2.45) is 0 Å². The van der Waals surface area contributed by atoms with Crippen molar-refractivity contribution in [1.82, 2.24) is 19.9 Å². The molecule has 1 saturated heterocycles. The largest absolute Gasteiger partial charge is 0.497 e. The Hall–Kier alpha value is -3.48. The van der Waals surface area contributed by atoms with Crippen molar-refractivity contribution in [2.45, 2.75) is 31.7 Å². The number of nitrogens with one attached hydrogen (secondary N) is 1. The molecule has 0 aliphatic carbocycles. The van der Waals surface area contributed by atoms with Crippen molar-refractivity contribution in [1.29, 1.82) is 0 Å². The lowest BCUT2D eigenvalue weighted by molar-refractivity contribution is -0.132. The summed E-state index contributed by atoms with van der Waals surface area (Å²) in [5.41, 5.74) is 2.21. The van der Waals surface area contributed by atoms with Gasteiger partial charge in [-0.05, 0) is 49.1 Å². The van der Waals surface area contributed by atoms with E-state index in [1.54, 1.807) is 19.5 Å². The number of aromatic nitrogens is 3. The molecule has 7 nitrogen and oxygen atoms in total. The number of ether oxygens (including phenoxy) is 1. The number of methoxy groups -OCH3 is 1. The fourth-order valence-corrected chi connectivity index (χ4v) is 3.83. The number of H-pyrrole nitrogens is 1. The Morgan fingerprint density at radius 2 is 2.10 bits per heavy atom. The Labute approximate surface area is 174 Å². The van der Waals surface area contributed by atoms with E-state index in [9.17, 15) is 9.59 Å². The molecule has 2 aromatic heterocycles. The number of aryl methyl sites for hydroxylation is 1. The van der Waals surface area contributed by atoms with E-state index in [0.717, 1.165) is 29.7 Å². The Bertz CT molecular complexity index is 1060. The molecule has 1 aliphatic heterocycles. The van der Waals surface area contributed by atoms with Crippen molar-refractivity contribution in [3.8, 4) is 17.0 Å². The number of hydrogen-bond donors (Lipinski definition) is 1. The van der Waals surface area contributed by atoms with Crippen LogP contribution in [0.1, 0.15) is 36.7 Å². The normalized spacial score (nSPS) is 15.9. The number of carbonyl (C=O) groups is 1. The van der Waals surface area contributed by atoms with Gasteiger partial charge < -0.3 is 14.6 Å².